The molecule has 0 fully saturated rings. The van der Waals surface area contributed by atoms with Crippen molar-refractivity contribution < 1.29 is 22.7 Å². The van der Waals surface area contributed by atoms with Gasteiger partial charge in [0, 0.05) is 5.75 Å². The second-order valence-corrected chi connectivity index (χ2v) is 9.90. The lowest BCUT2D eigenvalue weighted by Gasteiger charge is -2.16. The number of esters is 1. The molecule has 0 aliphatic heterocycles. The van der Waals surface area contributed by atoms with Gasteiger partial charge in [-0.25, -0.2) is 13.2 Å². The zero-order chi connectivity index (χ0) is 21.0. The van der Waals surface area contributed by atoms with Crippen LogP contribution in [0.2, 0.25) is 0 Å². The number of carbonyl (C=O) groups is 1. The van der Waals surface area contributed by atoms with Gasteiger partial charge in [-0.1, -0.05) is 13.0 Å². The molecule has 0 unspecified atom stereocenters. The van der Waals surface area contributed by atoms with Crippen LogP contribution in [0.3, 0.4) is 0 Å². The van der Waals surface area contributed by atoms with Gasteiger partial charge in [0.05, 0.1) is 25.0 Å². The van der Waals surface area contributed by atoms with E-state index in [1.807, 2.05) is 31.2 Å². The van der Waals surface area contributed by atoms with E-state index in [9.17, 15) is 13.2 Å². The molecular formula is C23H28O5S. The molecule has 0 saturated carbocycles. The van der Waals surface area contributed by atoms with E-state index in [4.69, 9.17) is 9.47 Å². The summed E-state index contributed by atoms with van der Waals surface area (Å²) in [5.74, 6) is 0.746. The van der Waals surface area contributed by atoms with Gasteiger partial charge in [0.1, 0.15) is 15.6 Å². The van der Waals surface area contributed by atoms with Crippen molar-refractivity contribution in [3.05, 3.63) is 52.6 Å². The quantitative estimate of drug-likeness (QED) is 0.501. The second-order valence-electron chi connectivity index (χ2n) is 7.43. The SMILES string of the molecule is CCS(=O)(=O)CCCOc1cc(C)c2c(c1)CCCc1ccc(C(=O)OC)cc1-2. The van der Waals surface area contributed by atoms with Crippen LogP contribution < -0.4 is 4.74 Å². The molecule has 0 amide bonds. The van der Waals surface area contributed by atoms with Crippen LogP contribution in [0.4, 0.5) is 0 Å². The Kier molecular flexibility index (Phi) is 6.63. The first-order valence-corrected chi connectivity index (χ1v) is 11.8. The zero-order valence-electron chi connectivity index (χ0n) is 17.3. The minimum absolute atomic E-state index is 0.150. The number of benzene rings is 2. The Hall–Kier alpha value is -2.34. The molecule has 2 aromatic rings. The molecule has 1 aliphatic carbocycles. The average Bonchev–Trinajstić information content (AvgIpc) is 2.89. The number of rotatable bonds is 7. The van der Waals surface area contributed by atoms with Gasteiger partial charge in [-0.3, -0.25) is 0 Å². The number of aryl methyl sites for hydroxylation is 3. The van der Waals surface area contributed by atoms with E-state index in [-0.39, 0.29) is 17.5 Å². The Labute approximate surface area is 173 Å². The van der Waals surface area contributed by atoms with Crippen molar-refractivity contribution in [1.29, 1.82) is 0 Å². The van der Waals surface area contributed by atoms with Gasteiger partial charge in [0.15, 0.2) is 0 Å². The highest BCUT2D eigenvalue weighted by atomic mass is 32.2. The maximum Gasteiger partial charge on any atom is 0.337 e. The van der Waals surface area contributed by atoms with Crippen molar-refractivity contribution >= 4 is 15.8 Å². The fourth-order valence-electron chi connectivity index (χ4n) is 3.84. The summed E-state index contributed by atoms with van der Waals surface area (Å²) in [6.45, 7) is 4.09. The number of carbonyl (C=O) groups excluding carboxylic acids is 1. The van der Waals surface area contributed by atoms with Crippen molar-refractivity contribution in [3.8, 4) is 16.9 Å². The lowest BCUT2D eigenvalue weighted by molar-refractivity contribution is 0.0600. The van der Waals surface area contributed by atoms with Crippen molar-refractivity contribution in [2.24, 2.45) is 0 Å². The molecule has 2 aromatic carbocycles. The van der Waals surface area contributed by atoms with E-state index in [0.717, 1.165) is 41.7 Å². The first-order valence-electron chi connectivity index (χ1n) is 10.0. The minimum Gasteiger partial charge on any atom is -0.494 e. The van der Waals surface area contributed by atoms with Gasteiger partial charge in [0.2, 0.25) is 0 Å². The van der Waals surface area contributed by atoms with Crippen molar-refractivity contribution in [1.82, 2.24) is 0 Å². The molecule has 0 bridgehead atoms. The number of hydrogen-bond acceptors (Lipinski definition) is 5. The third-order valence-corrected chi connectivity index (χ3v) is 7.18. The van der Waals surface area contributed by atoms with E-state index in [1.165, 1.54) is 18.2 Å². The number of hydrogen-bond donors (Lipinski definition) is 0. The molecular weight excluding hydrogens is 388 g/mol. The summed E-state index contributed by atoms with van der Waals surface area (Å²) in [6, 6.07) is 9.82. The predicted molar refractivity (Wildman–Crippen MR) is 114 cm³/mol. The van der Waals surface area contributed by atoms with Crippen molar-refractivity contribution in [2.45, 2.75) is 39.5 Å². The lowest BCUT2D eigenvalue weighted by Crippen LogP contribution is -2.12. The Morgan fingerprint density at radius 2 is 1.86 bits per heavy atom. The molecule has 0 N–H and O–H groups in total. The monoisotopic (exact) mass is 416 g/mol. The Morgan fingerprint density at radius 3 is 2.59 bits per heavy atom. The summed E-state index contributed by atoms with van der Waals surface area (Å²) in [5.41, 5.74) is 6.31. The van der Waals surface area contributed by atoms with Gasteiger partial charge >= 0.3 is 5.97 Å². The fourth-order valence-corrected chi connectivity index (χ4v) is 4.69. The van der Waals surface area contributed by atoms with E-state index >= 15 is 0 Å². The normalized spacial score (nSPS) is 13.2. The highest BCUT2D eigenvalue weighted by Gasteiger charge is 2.20. The fraction of sp³-hybridized carbons (Fsp3) is 0.435. The number of sulfone groups is 1. The smallest absolute Gasteiger partial charge is 0.337 e. The van der Waals surface area contributed by atoms with Gasteiger partial charge in [-0.05, 0) is 84.7 Å². The van der Waals surface area contributed by atoms with Crippen LogP contribution in [0.1, 0.15) is 46.8 Å². The molecule has 29 heavy (non-hydrogen) atoms. The average molecular weight is 417 g/mol. The molecule has 156 valence electrons. The van der Waals surface area contributed by atoms with Gasteiger partial charge in [-0.2, -0.15) is 0 Å². The molecule has 0 saturated heterocycles. The van der Waals surface area contributed by atoms with Crippen LogP contribution in [0.5, 0.6) is 5.75 Å². The molecule has 0 radical (unpaired) electrons. The summed E-state index contributed by atoms with van der Waals surface area (Å²) in [4.78, 5) is 12.0. The van der Waals surface area contributed by atoms with Gasteiger partial charge in [-0.15, -0.1) is 0 Å². The number of methoxy groups -OCH3 is 1. The summed E-state index contributed by atoms with van der Waals surface area (Å²) in [7, 11) is -1.57. The zero-order valence-corrected chi connectivity index (χ0v) is 18.1. The first-order chi connectivity index (χ1) is 13.8. The summed E-state index contributed by atoms with van der Waals surface area (Å²) < 4.78 is 34.0. The third kappa shape index (κ3) is 4.99. The minimum atomic E-state index is -2.97. The molecule has 0 spiro atoms. The van der Waals surface area contributed by atoms with E-state index in [2.05, 4.69) is 6.07 Å². The third-order valence-electron chi connectivity index (χ3n) is 5.39. The molecule has 3 rings (SSSR count). The lowest BCUT2D eigenvalue weighted by atomic mass is 9.91. The second kappa shape index (κ2) is 8.99. The predicted octanol–water partition coefficient (Wildman–Crippen LogP) is 4.14. The van der Waals surface area contributed by atoms with Crippen LogP contribution in [0, 0.1) is 6.92 Å². The summed E-state index contributed by atoms with van der Waals surface area (Å²) in [5, 5.41) is 0. The van der Waals surface area contributed by atoms with Crippen molar-refractivity contribution in [3.63, 3.8) is 0 Å². The van der Waals surface area contributed by atoms with Crippen LogP contribution in [0.25, 0.3) is 11.1 Å². The molecule has 5 nitrogen and oxygen atoms in total. The van der Waals surface area contributed by atoms with Crippen LogP contribution >= 0.6 is 0 Å². The molecule has 6 heteroatoms. The topological polar surface area (TPSA) is 69.7 Å². The maximum atomic E-state index is 12.0. The molecule has 1 aliphatic rings. The number of ether oxygens (including phenoxy) is 2. The largest absolute Gasteiger partial charge is 0.494 e. The molecule has 0 heterocycles. The van der Waals surface area contributed by atoms with Crippen LogP contribution in [-0.4, -0.2) is 39.6 Å². The van der Waals surface area contributed by atoms with Gasteiger partial charge < -0.3 is 9.47 Å². The van der Waals surface area contributed by atoms with E-state index in [0.29, 0.717) is 18.6 Å². The standard InChI is InChI=1S/C23H28O5S/c1-4-29(25,26)12-6-11-28-20-13-16(2)22-18(14-20)8-5-7-17-9-10-19(15-21(17)22)23(24)27-3/h9-10,13-15H,4-8,11-12H2,1-3H3. The van der Waals surface area contributed by atoms with E-state index < -0.39 is 9.84 Å². The molecule has 0 aromatic heterocycles. The van der Waals surface area contributed by atoms with Crippen molar-refractivity contribution in [2.75, 3.05) is 25.2 Å². The highest BCUT2D eigenvalue weighted by molar-refractivity contribution is 7.91. The van der Waals surface area contributed by atoms with E-state index in [1.54, 1.807) is 6.92 Å². The highest BCUT2D eigenvalue weighted by Crippen LogP contribution is 2.38. The Balaban J connectivity index is 1.86. The van der Waals surface area contributed by atoms with Gasteiger partial charge in [0.25, 0.3) is 0 Å². The molecule has 0 atom stereocenters. The first kappa shape index (κ1) is 21.4. The number of fused-ring (bicyclic) bond motifs is 3. The Bertz CT molecular complexity index is 1010. The maximum absolute atomic E-state index is 12.0. The van der Waals surface area contributed by atoms with Crippen LogP contribution in [-0.2, 0) is 27.4 Å². The van der Waals surface area contributed by atoms with Crippen LogP contribution in [0.15, 0.2) is 30.3 Å². The Morgan fingerprint density at radius 1 is 1.10 bits per heavy atom. The summed E-state index contributed by atoms with van der Waals surface area (Å²) >= 11 is 0. The summed E-state index contributed by atoms with van der Waals surface area (Å²) in [6.07, 6.45) is 3.39.